The number of carbonyl (C=O) groups excluding carboxylic acids is 1. The highest BCUT2D eigenvalue weighted by Crippen LogP contribution is 2.38. The van der Waals surface area contributed by atoms with Gasteiger partial charge >= 0.3 is 6.03 Å². The number of amides is 2. The van der Waals surface area contributed by atoms with Crippen molar-refractivity contribution in [1.82, 2.24) is 15.5 Å². The molecule has 2 aromatic rings. The molecule has 3 aliphatic heterocycles. The van der Waals surface area contributed by atoms with Crippen LogP contribution in [0.15, 0.2) is 60.7 Å². The Hall–Kier alpha value is -2.33. The lowest BCUT2D eigenvalue weighted by Gasteiger charge is -2.36. The second kappa shape index (κ2) is 6.13. The summed E-state index contributed by atoms with van der Waals surface area (Å²) >= 11 is 0. The van der Waals surface area contributed by atoms with E-state index < -0.39 is 5.54 Å². The molecule has 26 heavy (non-hydrogen) atoms. The number of hydrogen-bond donors (Lipinski definition) is 2. The van der Waals surface area contributed by atoms with Gasteiger partial charge < -0.3 is 15.5 Å². The van der Waals surface area contributed by atoms with E-state index in [1.165, 1.54) is 12.8 Å². The topological polar surface area (TPSA) is 44.4 Å². The number of nitrogens with zero attached hydrogens (tertiary/aromatic N) is 1. The lowest BCUT2D eigenvalue weighted by molar-refractivity contribution is 0.166. The molecule has 2 atom stereocenters. The van der Waals surface area contributed by atoms with E-state index >= 15 is 0 Å². The van der Waals surface area contributed by atoms with Crippen molar-refractivity contribution in [2.24, 2.45) is 0 Å². The highest BCUT2D eigenvalue weighted by atomic mass is 16.2. The van der Waals surface area contributed by atoms with E-state index in [1.807, 2.05) is 12.1 Å². The van der Waals surface area contributed by atoms with Crippen molar-refractivity contribution in [2.75, 3.05) is 6.54 Å². The molecular weight excluding hydrogens is 322 g/mol. The minimum Gasteiger partial charge on any atom is -0.323 e. The molecule has 2 aromatic carbocycles. The quantitative estimate of drug-likeness (QED) is 0.895. The summed E-state index contributed by atoms with van der Waals surface area (Å²) in [7, 11) is 0. The van der Waals surface area contributed by atoms with Crippen LogP contribution in [-0.2, 0) is 5.54 Å². The van der Waals surface area contributed by atoms with Crippen LogP contribution in [0.3, 0.4) is 0 Å². The zero-order chi connectivity index (χ0) is 17.6. The molecule has 0 radical (unpaired) electrons. The van der Waals surface area contributed by atoms with Crippen LogP contribution in [0, 0.1) is 0 Å². The van der Waals surface area contributed by atoms with Crippen molar-refractivity contribution < 1.29 is 4.79 Å². The summed E-state index contributed by atoms with van der Waals surface area (Å²) in [4.78, 5) is 15.2. The van der Waals surface area contributed by atoms with Gasteiger partial charge in [0.25, 0.3) is 0 Å². The molecular formula is C22H25N3O. The van der Waals surface area contributed by atoms with Gasteiger partial charge in [0.05, 0.1) is 6.54 Å². The van der Waals surface area contributed by atoms with Crippen LogP contribution in [0.25, 0.3) is 0 Å². The van der Waals surface area contributed by atoms with Crippen molar-refractivity contribution in [3.63, 3.8) is 0 Å². The maximum Gasteiger partial charge on any atom is 0.318 e. The van der Waals surface area contributed by atoms with Gasteiger partial charge in [-0.3, -0.25) is 0 Å². The summed E-state index contributed by atoms with van der Waals surface area (Å²) in [5, 5.41) is 7.05. The molecule has 4 nitrogen and oxygen atoms in total. The summed E-state index contributed by atoms with van der Waals surface area (Å²) in [5.41, 5.74) is 1.83. The Labute approximate surface area is 154 Å². The summed E-state index contributed by atoms with van der Waals surface area (Å²) < 4.78 is 0. The van der Waals surface area contributed by atoms with Gasteiger partial charge in [-0.1, -0.05) is 60.7 Å². The van der Waals surface area contributed by atoms with Crippen LogP contribution in [0.1, 0.15) is 36.8 Å². The number of fused-ring (bicyclic) bond motifs is 2. The number of nitrogens with one attached hydrogen (secondary N) is 2. The molecule has 2 unspecified atom stereocenters. The molecule has 134 valence electrons. The van der Waals surface area contributed by atoms with Crippen LogP contribution in [0.4, 0.5) is 4.79 Å². The highest BCUT2D eigenvalue weighted by molar-refractivity contribution is 5.80. The van der Waals surface area contributed by atoms with E-state index in [2.05, 4.69) is 64.1 Å². The molecule has 2 bridgehead atoms. The van der Waals surface area contributed by atoms with Gasteiger partial charge in [-0.2, -0.15) is 0 Å². The Morgan fingerprint density at radius 1 is 0.846 bits per heavy atom. The number of rotatable bonds is 3. The zero-order valence-corrected chi connectivity index (χ0v) is 14.9. The lowest BCUT2D eigenvalue weighted by atomic mass is 9.83. The molecule has 4 heteroatoms. The smallest absolute Gasteiger partial charge is 0.318 e. The average Bonchev–Trinajstić information content (AvgIpc) is 3.23. The van der Waals surface area contributed by atoms with Gasteiger partial charge in [0, 0.05) is 18.1 Å². The SMILES string of the molecule is O=C1NC(c2ccccc2)(c2ccccc2)CN1C1CC2CCC(C1)N2. The zero-order valence-electron chi connectivity index (χ0n) is 14.9. The molecule has 0 spiro atoms. The van der Waals surface area contributed by atoms with Crippen LogP contribution < -0.4 is 10.6 Å². The Morgan fingerprint density at radius 3 is 1.92 bits per heavy atom. The number of urea groups is 1. The Morgan fingerprint density at radius 2 is 1.38 bits per heavy atom. The predicted molar refractivity (Wildman–Crippen MR) is 102 cm³/mol. The van der Waals surface area contributed by atoms with Crippen molar-refractivity contribution in [3.05, 3.63) is 71.8 Å². The van der Waals surface area contributed by atoms with E-state index in [1.54, 1.807) is 0 Å². The van der Waals surface area contributed by atoms with Gasteiger partial charge in [0.1, 0.15) is 5.54 Å². The molecule has 5 rings (SSSR count). The lowest BCUT2D eigenvalue weighted by Crippen LogP contribution is -2.49. The summed E-state index contributed by atoms with van der Waals surface area (Å²) in [5.74, 6) is 0. The third-order valence-corrected chi connectivity index (χ3v) is 6.41. The molecule has 3 heterocycles. The number of piperidine rings is 1. The standard InChI is InChI=1S/C22H25N3O/c26-21-24-22(16-7-3-1-4-8-16,17-9-5-2-6-10-17)15-25(21)20-13-18-11-12-19(14-20)23-18/h1-10,18-20,23H,11-15H2,(H,24,26). The summed E-state index contributed by atoms with van der Waals surface area (Å²) in [6.45, 7) is 0.698. The van der Waals surface area contributed by atoms with Crippen molar-refractivity contribution >= 4 is 6.03 Å². The van der Waals surface area contributed by atoms with Crippen LogP contribution in [-0.4, -0.2) is 35.6 Å². The minimum absolute atomic E-state index is 0.0732. The summed E-state index contributed by atoms with van der Waals surface area (Å²) in [6, 6.07) is 22.4. The molecule has 3 fully saturated rings. The summed E-state index contributed by atoms with van der Waals surface area (Å²) in [6.07, 6.45) is 4.64. The molecule has 0 saturated carbocycles. The van der Waals surface area contributed by atoms with Crippen LogP contribution in [0.2, 0.25) is 0 Å². The number of hydrogen-bond acceptors (Lipinski definition) is 2. The van der Waals surface area contributed by atoms with Gasteiger partial charge in [0.2, 0.25) is 0 Å². The third kappa shape index (κ3) is 2.52. The second-order valence-electron chi connectivity index (χ2n) is 7.96. The van der Waals surface area contributed by atoms with Gasteiger partial charge in [-0.15, -0.1) is 0 Å². The van der Waals surface area contributed by atoms with E-state index in [9.17, 15) is 4.79 Å². The van der Waals surface area contributed by atoms with Gasteiger partial charge in [-0.25, -0.2) is 4.79 Å². The van der Waals surface area contributed by atoms with Gasteiger partial charge in [0.15, 0.2) is 0 Å². The largest absolute Gasteiger partial charge is 0.323 e. The first-order valence-electron chi connectivity index (χ1n) is 9.70. The number of benzene rings is 2. The molecule has 3 saturated heterocycles. The second-order valence-corrected chi connectivity index (χ2v) is 7.96. The highest BCUT2D eigenvalue weighted by Gasteiger charge is 2.49. The fourth-order valence-electron chi connectivity index (χ4n) is 5.14. The minimum atomic E-state index is -0.469. The first-order chi connectivity index (χ1) is 12.7. The normalized spacial score (nSPS) is 29.6. The molecule has 3 aliphatic rings. The molecule has 0 aliphatic carbocycles. The van der Waals surface area contributed by atoms with Crippen molar-refractivity contribution in [3.8, 4) is 0 Å². The monoisotopic (exact) mass is 347 g/mol. The first-order valence-corrected chi connectivity index (χ1v) is 9.70. The number of carbonyl (C=O) groups is 1. The van der Waals surface area contributed by atoms with E-state index in [-0.39, 0.29) is 6.03 Å². The maximum atomic E-state index is 13.1. The van der Waals surface area contributed by atoms with Crippen molar-refractivity contribution in [1.29, 1.82) is 0 Å². The Balaban J connectivity index is 1.52. The molecule has 0 aromatic heterocycles. The first kappa shape index (κ1) is 15.9. The van der Waals surface area contributed by atoms with E-state index in [0.717, 1.165) is 24.0 Å². The average molecular weight is 347 g/mol. The Kier molecular flexibility index (Phi) is 3.75. The molecule has 2 N–H and O–H groups in total. The van der Waals surface area contributed by atoms with Gasteiger partial charge in [-0.05, 0) is 36.8 Å². The third-order valence-electron chi connectivity index (χ3n) is 6.41. The van der Waals surface area contributed by atoms with Crippen LogP contribution in [0.5, 0.6) is 0 Å². The maximum absolute atomic E-state index is 13.1. The van der Waals surface area contributed by atoms with E-state index in [0.29, 0.717) is 24.7 Å². The molecule has 2 amide bonds. The fourth-order valence-corrected chi connectivity index (χ4v) is 5.14. The van der Waals surface area contributed by atoms with E-state index in [4.69, 9.17) is 0 Å². The van der Waals surface area contributed by atoms with Crippen molar-refractivity contribution in [2.45, 2.75) is 49.3 Å². The van der Waals surface area contributed by atoms with Crippen LogP contribution >= 0.6 is 0 Å². The predicted octanol–water partition coefficient (Wildman–Crippen LogP) is 3.24. The fraction of sp³-hybridized carbons (Fsp3) is 0.409. The Bertz CT molecular complexity index is 740.